The van der Waals surface area contributed by atoms with Crippen LogP contribution in [0.25, 0.3) is 0 Å². The summed E-state index contributed by atoms with van der Waals surface area (Å²) in [5, 5.41) is 0. The van der Waals surface area contributed by atoms with Gasteiger partial charge in [-0.1, -0.05) is 0 Å². The summed E-state index contributed by atoms with van der Waals surface area (Å²) < 4.78 is 13.4. The molecule has 0 atom stereocenters. The average Bonchev–Trinajstić information content (AvgIpc) is 2.72. The Kier molecular flexibility index (Phi) is 2.80. The minimum absolute atomic E-state index is 0.0128. The molecule has 0 fully saturated rings. The highest BCUT2D eigenvalue weighted by Crippen LogP contribution is 2.28. The first kappa shape index (κ1) is 12.4. The maximum atomic E-state index is 13.4. The van der Waals surface area contributed by atoms with Crippen LogP contribution in [0.1, 0.15) is 26.4 Å². The first-order valence-corrected chi connectivity index (χ1v) is 5.96. The van der Waals surface area contributed by atoms with Crippen molar-refractivity contribution < 1.29 is 14.0 Å². The maximum absolute atomic E-state index is 13.4. The molecule has 0 spiro atoms. The van der Waals surface area contributed by atoms with Gasteiger partial charge in [0.1, 0.15) is 11.5 Å². The number of amides is 2. The van der Waals surface area contributed by atoms with Crippen LogP contribution in [0.15, 0.2) is 36.5 Å². The number of aromatic nitrogens is 1. The third-order valence-electron chi connectivity index (χ3n) is 3.15. The predicted molar refractivity (Wildman–Crippen MR) is 69.7 cm³/mol. The molecule has 1 aromatic heterocycles. The van der Waals surface area contributed by atoms with Crippen molar-refractivity contribution in [3.05, 3.63) is 59.2 Å². The number of fused-ring (bicyclic) bond motifs is 1. The number of carbonyl (C=O) groups excluding carboxylic acids is 2. The van der Waals surface area contributed by atoms with Crippen LogP contribution in [0.4, 0.5) is 10.1 Å². The summed E-state index contributed by atoms with van der Waals surface area (Å²) in [6.45, 7) is -0.0128. The van der Waals surface area contributed by atoms with Gasteiger partial charge in [-0.3, -0.25) is 14.6 Å². The molecule has 20 heavy (non-hydrogen) atoms. The lowest BCUT2D eigenvalue weighted by molar-refractivity contribution is 0.0924. The van der Waals surface area contributed by atoms with Crippen LogP contribution in [0.2, 0.25) is 0 Å². The Balaban J connectivity index is 2.09. The average molecular weight is 271 g/mol. The Bertz CT molecular complexity index is 695. The van der Waals surface area contributed by atoms with Gasteiger partial charge in [-0.15, -0.1) is 0 Å². The molecule has 0 aliphatic carbocycles. The maximum Gasteiger partial charge on any atom is 0.284 e. The number of anilines is 1. The van der Waals surface area contributed by atoms with Gasteiger partial charge in [-0.05, 0) is 30.3 Å². The van der Waals surface area contributed by atoms with Crippen molar-refractivity contribution in [1.29, 1.82) is 0 Å². The third-order valence-corrected chi connectivity index (χ3v) is 3.15. The fourth-order valence-electron chi connectivity index (χ4n) is 2.16. The zero-order valence-corrected chi connectivity index (χ0v) is 10.3. The summed E-state index contributed by atoms with van der Waals surface area (Å²) in [6, 6.07) is 7.08. The number of benzene rings is 1. The zero-order chi connectivity index (χ0) is 14.3. The van der Waals surface area contributed by atoms with E-state index in [0.29, 0.717) is 5.69 Å². The van der Waals surface area contributed by atoms with Crippen LogP contribution in [-0.4, -0.2) is 16.8 Å². The summed E-state index contributed by atoms with van der Waals surface area (Å²) in [7, 11) is 0. The van der Waals surface area contributed by atoms with Crippen molar-refractivity contribution in [2.75, 3.05) is 4.90 Å². The molecule has 1 aromatic carbocycles. The predicted octanol–water partition coefficient (Wildman–Crippen LogP) is 1.48. The number of pyridine rings is 1. The summed E-state index contributed by atoms with van der Waals surface area (Å²) >= 11 is 0. The van der Waals surface area contributed by atoms with Gasteiger partial charge in [-0.25, -0.2) is 9.29 Å². The lowest BCUT2D eigenvalue weighted by Gasteiger charge is -2.14. The van der Waals surface area contributed by atoms with E-state index in [4.69, 9.17) is 5.73 Å². The molecule has 5 nitrogen and oxygen atoms in total. The largest absolute Gasteiger partial charge is 0.326 e. The highest BCUT2D eigenvalue weighted by molar-refractivity contribution is 6.33. The number of halogens is 1. The first-order valence-electron chi connectivity index (χ1n) is 5.96. The molecular formula is C14H10FN3O2. The van der Waals surface area contributed by atoms with Gasteiger partial charge in [-0.2, -0.15) is 0 Å². The second kappa shape index (κ2) is 4.50. The van der Waals surface area contributed by atoms with Gasteiger partial charge in [0.2, 0.25) is 0 Å². The van der Waals surface area contributed by atoms with Crippen LogP contribution in [0.3, 0.4) is 0 Å². The molecule has 2 N–H and O–H groups in total. The number of nitrogens with two attached hydrogens (primary N) is 1. The minimum atomic E-state index is -0.514. The normalized spacial score (nSPS) is 13.8. The van der Waals surface area contributed by atoms with Gasteiger partial charge in [0.25, 0.3) is 11.8 Å². The number of nitrogens with zero attached hydrogens (tertiary/aromatic N) is 2. The number of imide groups is 1. The smallest absolute Gasteiger partial charge is 0.284 e. The number of hydrogen-bond donors (Lipinski definition) is 1. The Morgan fingerprint density at radius 2 is 2.00 bits per heavy atom. The summed E-state index contributed by atoms with van der Waals surface area (Å²) in [5.41, 5.74) is 6.32. The van der Waals surface area contributed by atoms with E-state index in [-0.39, 0.29) is 23.4 Å². The lowest BCUT2D eigenvalue weighted by atomic mass is 10.1. The molecule has 0 unspecified atom stereocenters. The lowest BCUT2D eigenvalue weighted by Crippen LogP contribution is -2.29. The third kappa shape index (κ3) is 1.70. The Hall–Kier alpha value is -2.60. The first-order chi connectivity index (χ1) is 9.63. The standard InChI is InChI=1S/C14H10FN3O2/c15-11-4-3-9(6-8(11)7-16)18-13(19)10-2-1-5-17-12(10)14(18)20/h1-6H,7,16H2. The van der Waals surface area contributed by atoms with E-state index >= 15 is 0 Å². The van der Waals surface area contributed by atoms with Crippen molar-refractivity contribution in [3.8, 4) is 0 Å². The van der Waals surface area contributed by atoms with E-state index in [1.165, 1.54) is 30.5 Å². The van der Waals surface area contributed by atoms with Crippen LogP contribution in [0.5, 0.6) is 0 Å². The number of hydrogen-bond acceptors (Lipinski definition) is 4. The van der Waals surface area contributed by atoms with E-state index in [1.54, 1.807) is 6.07 Å². The number of carbonyl (C=O) groups is 2. The molecule has 100 valence electrons. The molecule has 2 amide bonds. The molecule has 2 aromatic rings. The molecule has 1 aliphatic heterocycles. The summed E-state index contributed by atoms with van der Waals surface area (Å²) in [5.74, 6) is -1.45. The van der Waals surface area contributed by atoms with Crippen LogP contribution < -0.4 is 10.6 Å². The van der Waals surface area contributed by atoms with E-state index in [9.17, 15) is 14.0 Å². The Morgan fingerprint density at radius 3 is 2.70 bits per heavy atom. The SMILES string of the molecule is NCc1cc(N2C(=O)c3cccnc3C2=O)ccc1F. The quantitative estimate of drug-likeness (QED) is 0.839. The van der Waals surface area contributed by atoms with Crippen molar-refractivity contribution in [3.63, 3.8) is 0 Å². The van der Waals surface area contributed by atoms with Crippen molar-refractivity contribution in [2.45, 2.75) is 6.54 Å². The van der Waals surface area contributed by atoms with E-state index in [1.807, 2.05) is 0 Å². The summed E-state index contributed by atoms with van der Waals surface area (Å²) in [6.07, 6.45) is 1.45. The van der Waals surface area contributed by atoms with Gasteiger partial charge < -0.3 is 5.73 Å². The highest BCUT2D eigenvalue weighted by Gasteiger charge is 2.37. The topological polar surface area (TPSA) is 76.3 Å². The fraction of sp³-hybridized carbons (Fsp3) is 0.0714. The molecule has 2 heterocycles. The molecule has 1 aliphatic rings. The van der Waals surface area contributed by atoms with E-state index in [0.717, 1.165) is 4.90 Å². The second-order valence-corrected chi connectivity index (χ2v) is 4.33. The second-order valence-electron chi connectivity index (χ2n) is 4.33. The van der Waals surface area contributed by atoms with Crippen molar-refractivity contribution >= 4 is 17.5 Å². The molecule has 6 heteroatoms. The molecule has 0 bridgehead atoms. The van der Waals surface area contributed by atoms with Gasteiger partial charge >= 0.3 is 0 Å². The minimum Gasteiger partial charge on any atom is -0.326 e. The molecule has 0 saturated heterocycles. The molecule has 0 saturated carbocycles. The highest BCUT2D eigenvalue weighted by atomic mass is 19.1. The van der Waals surface area contributed by atoms with E-state index < -0.39 is 17.6 Å². The fourth-order valence-corrected chi connectivity index (χ4v) is 2.16. The summed E-state index contributed by atoms with van der Waals surface area (Å²) in [4.78, 5) is 29.3. The van der Waals surface area contributed by atoms with Crippen LogP contribution >= 0.6 is 0 Å². The Morgan fingerprint density at radius 1 is 1.20 bits per heavy atom. The monoisotopic (exact) mass is 271 g/mol. The molecule has 3 rings (SSSR count). The number of rotatable bonds is 2. The van der Waals surface area contributed by atoms with Crippen LogP contribution in [-0.2, 0) is 6.54 Å². The van der Waals surface area contributed by atoms with E-state index in [2.05, 4.69) is 4.98 Å². The van der Waals surface area contributed by atoms with Crippen molar-refractivity contribution in [1.82, 2.24) is 4.98 Å². The molecule has 0 radical (unpaired) electrons. The van der Waals surface area contributed by atoms with Gasteiger partial charge in [0.05, 0.1) is 11.3 Å². The van der Waals surface area contributed by atoms with Gasteiger partial charge in [0.15, 0.2) is 0 Å². The Labute approximate surface area is 113 Å². The van der Waals surface area contributed by atoms with Crippen molar-refractivity contribution in [2.24, 2.45) is 5.73 Å². The van der Waals surface area contributed by atoms with Gasteiger partial charge in [0, 0.05) is 18.3 Å². The molecular weight excluding hydrogens is 261 g/mol. The zero-order valence-electron chi connectivity index (χ0n) is 10.3. The van der Waals surface area contributed by atoms with Crippen LogP contribution in [0, 0.1) is 5.82 Å².